The first kappa shape index (κ1) is 11.3. The minimum atomic E-state index is -0.961. The van der Waals surface area contributed by atoms with Crippen molar-refractivity contribution in [3.63, 3.8) is 0 Å². The first-order chi connectivity index (χ1) is 8.13. The summed E-state index contributed by atoms with van der Waals surface area (Å²) >= 11 is 0. The Morgan fingerprint density at radius 3 is 2.65 bits per heavy atom. The number of halogens is 2. The van der Waals surface area contributed by atoms with E-state index >= 15 is 0 Å². The minimum Gasteiger partial charge on any atom is -0.337 e. The van der Waals surface area contributed by atoms with Gasteiger partial charge in [-0.3, -0.25) is 0 Å². The van der Waals surface area contributed by atoms with Crippen LogP contribution < -0.4 is 0 Å². The number of aromatic nitrogens is 2. The summed E-state index contributed by atoms with van der Waals surface area (Å²) < 4.78 is 27.6. The number of hydrogen-bond acceptors (Lipinski definition) is 2. The maximum absolute atomic E-state index is 13.1. The quantitative estimate of drug-likeness (QED) is 0.799. The molecule has 0 aliphatic carbocycles. The molecule has 0 amide bonds. The molecule has 0 aliphatic rings. The van der Waals surface area contributed by atoms with Crippen molar-refractivity contribution in [3.05, 3.63) is 53.6 Å². The summed E-state index contributed by atoms with van der Waals surface area (Å²) in [5, 5.41) is 9.12. The maximum Gasteiger partial charge on any atom is 0.159 e. The molecule has 1 aromatic heterocycles. The van der Waals surface area contributed by atoms with Gasteiger partial charge in [0, 0.05) is 19.4 Å². The average Bonchev–Trinajstić information content (AvgIpc) is 2.71. The summed E-state index contributed by atoms with van der Waals surface area (Å²) in [5.41, 5.74) is 0.390. The molecule has 2 rings (SSSR count). The van der Waals surface area contributed by atoms with Gasteiger partial charge < -0.3 is 4.57 Å². The van der Waals surface area contributed by atoms with Crippen LogP contribution in [0.1, 0.15) is 17.3 Å². The summed E-state index contributed by atoms with van der Waals surface area (Å²) in [5.74, 6) is -2.09. The van der Waals surface area contributed by atoms with Crippen LogP contribution in [0.15, 0.2) is 30.6 Å². The second-order valence-corrected chi connectivity index (χ2v) is 3.63. The van der Waals surface area contributed by atoms with Crippen molar-refractivity contribution in [2.24, 2.45) is 7.05 Å². The van der Waals surface area contributed by atoms with E-state index in [4.69, 9.17) is 5.26 Å². The normalized spacial score (nSPS) is 12.1. The molecule has 0 aliphatic heterocycles. The van der Waals surface area contributed by atoms with Gasteiger partial charge in [-0.25, -0.2) is 13.8 Å². The number of hydrogen-bond donors (Lipinski definition) is 0. The SMILES string of the molecule is Cn1ccnc1C(C#N)c1ccc(F)c(F)c1. The van der Waals surface area contributed by atoms with E-state index in [1.54, 1.807) is 24.0 Å². The van der Waals surface area contributed by atoms with Crippen molar-refractivity contribution in [1.82, 2.24) is 9.55 Å². The zero-order chi connectivity index (χ0) is 12.4. The number of nitrogens with zero attached hydrogens (tertiary/aromatic N) is 3. The van der Waals surface area contributed by atoms with Crippen molar-refractivity contribution in [1.29, 1.82) is 5.26 Å². The molecular formula is C12H9F2N3. The van der Waals surface area contributed by atoms with E-state index < -0.39 is 17.6 Å². The number of benzene rings is 1. The van der Waals surface area contributed by atoms with E-state index in [1.807, 2.05) is 6.07 Å². The molecule has 0 radical (unpaired) electrons. The highest BCUT2D eigenvalue weighted by atomic mass is 19.2. The van der Waals surface area contributed by atoms with Gasteiger partial charge >= 0.3 is 0 Å². The monoisotopic (exact) mass is 233 g/mol. The van der Waals surface area contributed by atoms with Gasteiger partial charge in [0.2, 0.25) is 0 Å². The molecule has 1 unspecified atom stereocenters. The van der Waals surface area contributed by atoms with Crippen LogP contribution in [0.25, 0.3) is 0 Å². The predicted octanol–water partition coefficient (Wildman–Crippen LogP) is 2.35. The number of rotatable bonds is 2. The van der Waals surface area contributed by atoms with Crippen LogP contribution >= 0.6 is 0 Å². The molecule has 17 heavy (non-hydrogen) atoms. The van der Waals surface area contributed by atoms with Crippen LogP contribution in [0.4, 0.5) is 8.78 Å². The summed E-state index contributed by atoms with van der Waals surface area (Å²) in [7, 11) is 1.74. The Morgan fingerprint density at radius 1 is 1.35 bits per heavy atom. The first-order valence-electron chi connectivity index (χ1n) is 4.95. The van der Waals surface area contributed by atoms with Gasteiger partial charge in [0.1, 0.15) is 11.7 Å². The largest absolute Gasteiger partial charge is 0.337 e. The third-order valence-corrected chi connectivity index (χ3v) is 2.52. The lowest BCUT2D eigenvalue weighted by Crippen LogP contribution is -2.06. The van der Waals surface area contributed by atoms with Crippen molar-refractivity contribution in [3.8, 4) is 6.07 Å². The first-order valence-corrected chi connectivity index (χ1v) is 4.95. The lowest BCUT2D eigenvalue weighted by Gasteiger charge is -2.09. The lowest BCUT2D eigenvalue weighted by molar-refractivity contribution is 0.506. The number of nitriles is 1. The smallest absolute Gasteiger partial charge is 0.159 e. The van der Waals surface area contributed by atoms with E-state index in [-0.39, 0.29) is 0 Å². The van der Waals surface area contributed by atoms with Gasteiger partial charge in [0.15, 0.2) is 11.6 Å². The topological polar surface area (TPSA) is 41.6 Å². The molecule has 1 heterocycles. The van der Waals surface area contributed by atoms with Crippen LogP contribution in [-0.2, 0) is 7.05 Å². The molecule has 0 fully saturated rings. The minimum absolute atomic E-state index is 0.390. The van der Waals surface area contributed by atoms with E-state index in [0.717, 1.165) is 12.1 Å². The molecule has 5 heteroatoms. The van der Waals surface area contributed by atoms with Crippen LogP contribution in [0.2, 0.25) is 0 Å². The fourth-order valence-corrected chi connectivity index (χ4v) is 1.63. The van der Waals surface area contributed by atoms with E-state index in [9.17, 15) is 8.78 Å². The van der Waals surface area contributed by atoms with Crippen molar-refractivity contribution < 1.29 is 8.78 Å². The Balaban J connectivity index is 2.47. The second kappa shape index (κ2) is 4.34. The van der Waals surface area contributed by atoms with Crippen LogP contribution in [0.3, 0.4) is 0 Å². The summed E-state index contributed by atoms with van der Waals surface area (Å²) in [6.07, 6.45) is 3.25. The molecule has 3 nitrogen and oxygen atoms in total. The van der Waals surface area contributed by atoms with E-state index in [2.05, 4.69) is 4.98 Å². The molecule has 2 aromatic rings. The van der Waals surface area contributed by atoms with Gasteiger partial charge in [0.05, 0.1) is 6.07 Å². The van der Waals surface area contributed by atoms with Crippen molar-refractivity contribution in [2.75, 3.05) is 0 Å². The Hall–Kier alpha value is -2.22. The van der Waals surface area contributed by atoms with Crippen LogP contribution in [0.5, 0.6) is 0 Å². The Labute approximate surface area is 96.9 Å². The standard InChI is InChI=1S/C12H9F2N3/c1-17-5-4-16-12(17)9(7-15)8-2-3-10(13)11(14)6-8/h2-6,9H,1H3. The molecule has 0 saturated carbocycles. The Morgan fingerprint density at radius 2 is 2.12 bits per heavy atom. The molecule has 86 valence electrons. The van der Waals surface area contributed by atoms with Gasteiger partial charge in [0.25, 0.3) is 0 Å². The number of aryl methyl sites for hydroxylation is 1. The van der Waals surface area contributed by atoms with E-state index in [1.165, 1.54) is 6.07 Å². The summed E-state index contributed by atoms with van der Waals surface area (Å²) in [6.45, 7) is 0. The highest BCUT2D eigenvalue weighted by molar-refractivity contribution is 5.32. The highest BCUT2D eigenvalue weighted by Gasteiger charge is 2.19. The van der Waals surface area contributed by atoms with Crippen LogP contribution in [0, 0.1) is 23.0 Å². The molecule has 0 spiro atoms. The molecule has 1 atom stereocenters. The second-order valence-electron chi connectivity index (χ2n) is 3.63. The maximum atomic E-state index is 13.1. The Bertz CT molecular complexity index is 584. The van der Waals surface area contributed by atoms with Gasteiger partial charge in [-0.1, -0.05) is 6.07 Å². The third-order valence-electron chi connectivity index (χ3n) is 2.52. The zero-order valence-electron chi connectivity index (χ0n) is 9.06. The van der Waals surface area contributed by atoms with Crippen LogP contribution in [-0.4, -0.2) is 9.55 Å². The fraction of sp³-hybridized carbons (Fsp3) is 0.167. The fourth-order valence-electron chi connectivity index (χ4n) is 1.63. The van der Waals surface area contributed by atoms with Gasteiger partial charge in [-0.05, 0) is 17.7 Å². The lowest BCUT2D eigenvalue weighted by atomic mass is 9.99. The summed E-state index contributed by atoms with van der Waals surface area (Å²) in [6, 6.07) is 5.46. The van der Waals surface area contributed by atoms with Crippen molar-refractivity contribution in [2.45, 2.75) is 5.92 Å². The van der Waals surface area contributed by atoms with Crippen molar-refractivity contribution >= 4 is 0 Å². The zero-order valence-corrected chi connectivity index (χ0v) is 9.06. The number of imidazole rings is 1. The molecule has 0 bridgehead atoms. The van der Waals surface area contributed by atoms with Gasteiger partial charge in [-0.15, -0.1) is 0 Å². The molecule has 0 N–H and O–H groups in total. The molecular weight excluding hydrogens is 224 g/mol. The third kappa shape index (κ3) is 2.02. The average molecular weight is 233 g/mol. The molecule has 1 aromatic carbocycles. The summed E-state index contributed by atoms with van der Waals surface area (Å²) in [4.78, 5) is 4.04. The predicted molar refractivity (Wildman–Crippen MR) is 57.0 cm³/mol. The van der Waals surface area contributed by atoms with E-state index in [0.29, 0.717) is 11.4 Å². The Kier molecular flexibility index (Phi) is 2.88. The highest BCUT2D eigenvalue weighted by Crippen LogP contribution is 2.23. The van der Waals surface area contributed by atoms with Gasteiger partial charge in [-0.2, -0.15) is 5.26 Å². The molecule has 0 saturated heterocycles.